The number of carbonyl (C=O) groups excluding carboxylic acids is 1. The minimum absolute atomic E-state index is 0.213. The second kappa shape index (κ2) is 9.48. The summed E-state index contributed by atoms with van der Waals surface area (Å²) in [6.07, 6.45) is 4.33. The Bertz CT molecular complexity index is 976. The first-order valence-electron chi connectivity index (χ1n) is 9.25. The average Bonchev–Trinajstić information content (AvgIpc) is 3.11. The first kappa shape index (κ1) is 20.7. The van der Waals surface area contributed by atoms with Crippen LogP contribution < -0.4 is 5.32 Å². The highest BCUT2D eigenvalue weighted by atomic mass is 19.1. The van der Waals surface area contributed by atoms with Gasteiger partial charge in [0.25, 0.3) is 5.91 Å². The Kier molecular flexibility index (Phi) is 6.78. The molecule has 0 aliphatic heterocycles. The quantitative estimate of drug-likeness (QED) is 0.539. The van der Waals surface area contributed by atoms with Crippen LogP contribution >= 0.6 is 0 Å². The number of aromatic nitrogens is 5. The largest absolute Gasteiger partial charge is 0.374 e. The van der Waals surface area contributed by atoms with Crippen LogP contribution in [0.4, 0.5) is 4.39 Å². The van der Waals surface area contributed by atoms with Crippen molar-refractivity contribution in [3.63, 3.8) is 0 Å². The van der Waals surface area contributed by atoms with Gasteiger partial charge in [-0.25, -0.2) is 4.39 Å². The van der Waals surface area contributed by atoms with E-state index in [0.717, 1.165) is 18.4 Å². The van der Waals surface area contributed by atoms with Crippen molar-refractivity contribution >= 4 is 16.9 Å². The van der Waals surface area contributed by atoms with Crippen molar-refractivity contribution in [3.8, 4) is 0 Å². The van der Waals surface area contributed by atoms with Crippen molar-refractivity contribution in [1.82, 2.24) is 35.2 Å². The molecule has 9 nitrogen and oxygen atoms in total. The fourth-order valence-corrected chi connectivity index (χ4v) is 2.73. The lowest BCUT2D eigenvalue weighted by atomic mass is 10.1. The van der Waals surface area contributed by atoms with Crippen LogP contribution in [0.15, 0.2) is 30.7 Å². The number of rotatable bonds is 9. The van der Waals surface area contributed by atoms with Gasteiger partial charge in [0.2, 0.25) is 0 Å². The fourth-order valence-electron chi connectivity index (χ4n) is 2.73. The molecule has 0 aromatic carbocycles. The summed E-state index contributed by atoms with van der Waals surface area (Å²) >= 11 is 0. The molecule has 0 saturated carbocycles. The van der Waals surface area contributed by atoms with Gasteiger partial charge in [0, 0.05) is 24.8 Å². The fraction of sp³-hybridized carbons (Fsp3) is 0.421. The van der Waals surface area contributed by atoms with Crippen molar-refractivity contribution in [2.75, 3.05) is 27.2 Å². The molecule has 3 aromatic rings. The molecule has 1 amide bonds. The first-order valence-corrected chi connectivity index (χ1v) is 9.25. The SMILES string of the molecule is CC(Cn1cc(COCCN(C)C)nn1)NC(=O)c1ccnc2cc(F)cnc12. The summed E-state index contributed by atoms with van der Waals surface area (Å²) in [5, 5.41) is 11.1. The standard InChI is InChI=1S/C19H24FN7O2/c1-13(10-27-11-15(24-25-27)12-29-7-6-26(2)3)23-19(28)16-4-5-21-17-8-14(20)9-22-18(16)17/h4-5,8-9,11,13H,6-7,10,12H2,1-3H3,(H,23,28). The van der Waals surface area contributed by atoms with Crippen LogP contribution in [-0.4, -0.2) is 69.1 Å². The lowest BCUT2D eigenvalue weighted by Crippen LogP contribution is -2.36. The Morgan fingerprint density at radius 1 is 1.38 bits per heavy atom. The minimum atomic E-state index is -0.497. The Morgan fingerprint density at radius 2 is 2.21 bits per heavy atom. The zero-order valence-corrected chi connectivity index (χ0v) is 16.7. The van der Waals surface area contributed by atoms with E-state index in [9.17, 15) is 9.18 Å². The molecule has 0 fully saturated rings. The molecule has 0 saturated heterocycles. The summed E-state index contributed by atoms with van der Waals surface area (Å²) in [5.41, 5.74) is 1.76. The van der Waals surface area contributed by atoms with Gasteiger partial charge in [0.05, 0.1) is 43.2 Å². The van der Waals surface area contributed by atoms with Crippen LogP contribution in [0, 0.1) is 5.82 Å². The van der Waals surface area contributed by atoms with Gasteiger partial charge in [0.15, 0.2) is 0 Å². The number of nitrogens with zero attached hydrogens (tertiary/aromatic N) is 6. The predicted octanol–water partition coefficient (Wildman–Crippen LogP) is 1.26. The zero-order valence-electron chi connectivity index (χ0n) is 16.7. The van der Waals surface area contributed by atoms with E-state index in [-0.39, 0.29) is 11.9 Å². The van der Waals surface area contributed by atoms with Gasteiger partial charge in [-0.05, 0) is 27.1 Å². The number of halogens is 1. The van der Waals surface area contributed by atoms with Crippen molar-refractivity contribution in [1.29, 1.82) is 0 Å². The second-order valence-corrected chi connectivity index (χ2v) is 7.04. The Labute approximate surface area is 167 Å². The maximum Gasteiger partial charge on any atom is 0.253 e. The highest BCUT2D eigenvalue weighted by Gasteiger charge is 2.15. The third-order valence-electron chi connectivity index (χ3n) is 4.15. The topological polar surface area (TPSA) is 98.1 Å². The van der Waals surface area contributed by atoms with E-state index in [1.807, 2.05) is 25.9 Å². The number of ether oxygens (including phenoxy) is 1. The molecule has 0 spiro atoms. The molecule has 0 aliphatic rings. The molecular weight excluding hydrogens is 377 g/mol. The van der Waals surface area contributed by atoms with E-state index in [4.69, 9.17) is 4.74 Å². The van der Waals surface area contributed by atoms with Gasteiger partial charge in [-0.15, -0.1) is 5.10 Å². The number of carbonyl (C=O) groups is 1. The van der Waals surface area contributed by atoms with Crippen molar-refractivity contribution in [3.05, 3.63) is 47.8 Å². The molecule has 3 heterocycles. The highest BCUT2D eigenvalue weighted by Crippen LogP contribution is 2.15. The van der Waals surface area contributed by atoms with E-state index in [1.54, 1.807) is 16.9 Å². The minimum Gasteiger partial charge on any atom is -0.374 e. The average molecular weight is 401 g/mol. The smallest absolute Gasteiger partial charge is 0.253 e. The Hall–Kier alpha value is -2.98. The van der Waals surface area contributed by atoms with Crippen LogP contribution in [-0.2, 0) is 17.9 Å². The molecule has 0 aliphatic carbocycles. The number of amides is 1. The number of nitrogens with one attached hydrogen (secondary N) is 1. The van der Waals surface area contributed by atoms with E-state index in [0.29, 0.717) is 36.4 Å². The summed E-state index contributed by atoms with van der Waals surface area (Å²) in [6.45, 7) is 4.15. The summed E-state index contributed by atoms with van der Waals surface area (Å²) in [5.74, 6) is -0.806. The summed E-state index contributed by atoms with van der Waals surface area (Å²) in [4.78, 5) is 22.7. The molecule has 0 radical (unpaired) electrons. The molecule has 29 heavy (non-hydrogen) atoms. The molecule has 0 bridgehead atoms. The van der Waals surface area contributed by atoms with Crippen LogP contribution in [0.5, 0.6) is 0 Å². The molecule has 3 rings (SSSR count). The normalized spacial score (nSPS) is 12.4. The van der Waals surface area contributed by atoms with E-state index < -0.39 is 5.82 Å². The van der Waals surface area contributed by atoms with Gasteiger partial charge in [-0.2, -0.15) is 0 Å². The van der Waals surface area contributed by atoms with Crippen molar-refractivity contribution in [2.24, 2.45) is 0 Å². The van der Waals surface area contributed by atoms with E-state index >= 15 is 0 Å². The second-order valence-electron chi connectivity index (χ2n) is 7.04. The molecular formula is C19H24FN7O2. The number of fused-ring (bicyclic) bond motifs is 1. The van der Waals surface area contributed by atoms with Gasteiger partial charge < -0.3 is 15.0 Å². The lowest BCUT2D eigenvalue weighted by Gasteiger charge is -2.14. The molecule has 3 aromatic heterocycles. The molecule has 10 heteroatoms. The zero-order chi connectivity index (χ0) is 20.8. The third-order valence-corrected chi connectivity index (χ3v) is 4.15. The van der Waals surface area contributed by atoms with Crippen LogP contribution in [0.25, 0.3) is 11.0 Å². The van der Waals surface area contributed by atoms with E-state index in [2.05, 4.69) is 25.6 Å². The van der Waals surface area contributed by atoms with Gasteiger partial charge >= 0.3 is 0 Å². The van der Waals surface area contributed by atoms with Gasteiger partial charge in [-0.1, -0.05) is 5.21 Å². The number of pyridine rings is 2. The molecule has 154 valence electrons. The molecule has 1 N–H and O–H groups in total. The van der Waals surface area contributed by atoms with Crippen LogP contribution in [0.3, 0.4) is 0 Å². The van der Waals surface area contributed by atoms with Gasteiger partial charge in [-0.3, -0.25) is 19.4 Å². The maximum absolute atomic E-state index is 13.3. The Morgan fingerprint density at radius 3 is 3.00 bits per heavy atom. The molecule has 1 atom stereocenters. The summed E-state index contributed by atoms with van der Waals surface area (Å²) < 4.78 is 20.5. The van der Waals surface area contributed by atoms with Gasteiger partial charge in [0.1, 0.15) is 17.0 Å². The first-order chi connectivity index (χ1) is 13.9. The van der Waals surface area contributed by atoms with Crippen molar-refractivity contribution in [2.45, 2.75) is 26.1 Å². The third kappa shape index (κ3) is 5.75. The van der Waals surface area contributed by atoms with E-state index in [1.165, 1.54) is 12.3 Å². The highest BCUT2D eigenvalue weighted by molar-refractivity contribution is 6.04. The van der Waals surface area contributed by atoms with Crippen LogP contribution in [0.2, 0.25) is 0 Å². The van der Waals surface area contributed by atoms with Crippen LogP contribution in [0.1, 0.15) is 23.0 Å². The predicted molar refractivity (Wildman–Crippen MR) is 105 cm³/mol. The monoisotopic (exact) mass is 401 g/mol. The summed E-state index contributed by atoms with van der Waals surface area (Å²) in [6, 6.07) is 2.60. The Balaban J connectivity index is 1.56. The number of likely N-dealkylation sites (N-methyl/N-ethyl adjacent to an activating group) is 1. The summed E-state index contributed by atoms with van der Waals surface area (Å²) in [7, 11) is 3.97. The molecule has 1 unspecified atom stereocenters. The number of hydrogen-bond acceptors (Lipinski definition) is 7. The van der Waals surface area contributed by atoms with Crippen molar-refractivity contribution < 1.29 is 13.9 Å². The lowest BCUT2D eigenvalue weighted by molar-refractivity contribution is 0.0937. The maximum atomic E-state index is 13.3. The number of hydrogen-bond donors (Lipinski definition) is 1.